The van der Waals surface area contributed by atoms with E-state index in [2.05, 4.69) is 10.3 Å². The molecule has 0 saturated heterocycles. The van der Waals surface area contributed by atoms with Gasteiger partial charge in [0.05, 0.1) is 18.0 Å². The van der Waals surface area contributed by atoms with E-state index in [9.17, 15) is 5.11 Å². The number of aliphatic hydroxyl groups excluding tert-OH is 1. The summed E-state index contributed by atoms with van der Waals surface area (Å²) in [5, 5.41) is 16.9. The number of anilines is 2. The van der Waals surface area contributed by atoms with Gasteiger partial charge in [0.25, 0.3) is 0 Å². The van der Waals surface area contributed by atoms with E-state index in [1.165, 1.54) is 0 Å². The Morgan fingerprint density at radius 2 is 2.41 bits per heavy atom. The minimum Gasteiger partial charge on any atom is -0.397 e. The van der Waals surface area contributed by atoms with Crippen LogP contribution in [0.5, 0.6) is 0 Å². The van der Waals surface area contributed by atoms with E-state index in [1.807, 2.05) is 29.8 Å². The number of aryl methyl sites for hydroxylation is 1. The van der Waals surface area contributed by atoms with Gasteiger partial charge in [-0.1, -0.05) is 0 Å². The molecule has 2 heterocycles. The van der Waals surface area contributed by atoms with Crippen LogP contribution in [0.25, 0.3) is 0 Å². The predicted octanol–water partition coefficient (Wildman–Crippen LogP) is 2.18. The zero-order chi connectivity index (χ0) is 12.3. The molecule has 0 aromatic carbocycles. The summed E-state index contributed by atoms with van der Waals surface area (Å²) in [6.07, 6.45) is 1.11. The van der Waals surface area contributed by atoms with Crippen LogP contribution in [-0.4, -0.2) is 16.6 Å². The summed E-state index contributed by atoms with van der Waals surface area (Å²) in [6.45, 7) is 2.37. The average Bonchev–Trinajstić information content (AvgIpc) is 2.84. The minimum absolute atomic E-state index is 0.438. The highest BCUT2D eigenvalue weighted by Crippen LogP contribution is 2.18. The largest absolute Gasteiger partial charge is 0.397 e. The first-order valence-electron chi connectivity index (χ1n) is 5.33. The highest BCUT2D eigenvalue weighted by molar-refractivity contribution is 7.07. The zero-order valence-electron chi connectivity index (χ0n) is 9.55. The Balaban J connectivity index is 1.96. The second kappa shape index (κ2) is 5.16. The van der Waals surface area contributed by atoms with E-state index >= 15 is 0 Å². The molecule has 0 radical (unpaired) electrons. The monoisotopic (exact) mass is 249 g/mol. The lowest BCUT2D eigenvalue weighted by Crippen LogP contribution is -2.12. The van der Waals surface area contributed by atoms with E-state index in [4.69, 9.17) is 5.73 Å². The van der Waals surface area contributed by atoms with Crippen LogP contribution in [0.1, 0.15) is 17.2 Å². The van der Waals surface area contributed by atoms with Crippen molar-refractivity contribution in [2.45, 2.75) is 13.0 Å². The van der Waals surface area contributed by atoms with Crippen molar-refractivity contribution in [3.05, 3.63) is 40.2 Å². The van der Waals surface area contributed by atoms with Crippen molar-refractivity contribution in [1.82, 2.24) is 4.98 Å². The molecular formula is C12H15N3OS. The molecule has 2 aromatic rings. The Labute approximate surface area is 104 Å². The predicted molar refractivity (Wildman–Crippen MR) is 71.2 cm³/mol. The number of nitrogens with one attached hydrogen (secondary N) is 1. The number of rotatable bonds is 4. The Morgan fingerprint density at radius 1 is 1.59 bits per heavy atom. The van der Waals surface area contributed by atoms with Crippen molar-refractivity contribution in [1.29, 1.82) is 0 Å². The molecule has 0 fully saturated rings. The molecule has 1 unspecified atom stereocenters. The maximum Gasteiger partial charge on any atom is 0.126 e. The summed E-state index contributed by atoms with van der Waals surface area (Å²) >= 11 is 1.57. The van der Waals surface area contributed by atoms with Gasteiger partial charge in [-0.15, -0.1) is 0 Å². The van der Waals surface area contributed by atoms with E-state index in [1.54, 1.807) is 17.5 Å². The molecule has 4 N–H and O–H groups in total. The molecule has 0 amide bonds. The van der Waals surface area contributed by atoms with Gasteiger partial charge < -0.3 is 16.2 Å². The third kappa shape index (κ3) is 2.95. The molecule has 4 nitrogen and oxygen atoms in total. The summed E-state index contributed by atoms with van der Waals surface area (Å²) in [6, 6.07) is 3.79. The molecule has 90 valence electrons. The minimum atomic E-state index is -0.513. The number of nitrogen functional groups attached to an aromatic ring is 1. The second-order valence-electron chi connectivity index (χ2n) is 3.88. The summed E-state index contributed by atoms with van der Waals surface area (Å²) in [4.78, 5) is 4.15. The lowest BCUT2D eigenvalue weighted by atomic mass is 10.2. The van der Waals surface area contributed by atoms with Crippen LogP contribution >= 0.6 is 11.3 Å². The third-order valence-electron chi connectivity index (χ3n) is 2.56. The van der Waals surface area contributed by atoms with Crippen molar-refractivity contribution >= 4 is 22.8 Å². The van der Waals surface area contributed by atoms with E-state index in [0.29, 0.717) is 12.2 Å². The first-order valence-corrected chi connectivity index (χ1v) is 6.27. The summed E-state index contributed by atoms with van der Waals surface area (Å²) in [5.41, 5.74) is 8.26. The normalized spacial score (nSPS) is 12.4. The molecule has 0 aliphatic heterocycles. The van der Waals surface area contributed by atoms with Gasteiger partial charge in [-0.05, 0) is 40.9 Å². The molecule has 0 spiro atoms. The summed E-state index contributed by atoms with van der Waals surface area (Å²) in [5.74, 6) is 0.728. The Hall–Kier alpha value is -1.59. The van der Waals surface area contributed by atoms with Crippen molar-refractivity contribution in [3.8, 4) is 0 Å². The number of aliphatic hydroxyl groups is 1. The number of nitrogens with two attached hydrogens (primary N) is 1. The number of thiophene rings is 1. The summed E-state index contributed by atoms with van der Waals surface area (Å²) < 4.78 is 0. The molecule has 2 rings (SSSR count). The maximum atomic E-state index is 9.89. The van der Waals surface area contributed by atoms with E-state index in [0.717, 1.165) is 16.9 Å². The number of pyridine rings is 1. The lowest BCUT2D eigenvalue weighted by Gasteiger charge is -2.11. The van der Waals surface area contributed by atoms with Gasteiger partial charge in [-0.2, -0.15) is 11.3 Å². The second-order valence-corrected chi connectivity index (χ2v) is 4.66. The zero-order valence-corrected chi connectivity index (χ0v) is 10.4. The first-order chi connectivity index (χ1) is 8.16. The molecule has 5 heteroatoms. The van der Waals surface area contributed by atoms with Gasteiger partial charge in [0.15, 0.2) is 0 Å². The van der Waals surface area contributed by atoms with Crippen molar-refractivity contribution < 1.29 is 5.11 Å². The smallest absolute Gasteiger partial charge is 0.126 e. The van der Waals surface area contributed by atoms with Crippen molar-refractivity contribution in [3.63, 3.8) is 0 Å². The van der Waals surface area contributed by atoms with Crippen LogP contribution in [0.4, 0.5) is 11.5 Å². The van der Waals surface area contributed by atoms with Crippen molar-refractivity contribution in [2.24, 2.45) is 0 Å². The Kier molecular flexibility index (Phi) is 3.61. The van der Waals surface area contributed by atoms with Gasteiger partial charge in [-0.3, -0.25) is 0 Å². The fraction of sp³-hybridized carbons (Fsp3) is 0.250. The molecule has 0 saturated carbocycles. The Bertz CT molecular complexity index is 485. The van der Waals surface area contributed by atoms with Crippen LogP contribution in [0.15, 0.2) is 29.1 Å². The fourth-order valence-corrected chi connectivity index (χ4v) is 2.15. The molecular weight excluding hydrogens is 234 g/mol. The molecule has 0 aliphatic rings. The number of hydrogen-bond acceptors (Lipinski definition) is 5. The third-order valence-corrected chi connectivity index (χ3v) is 3.26. The molecule has 17 heavy (non-hydrogen) atoms. The fourth-order valence-electron chi connectivity index (χ4n) is 1.45. The van der Waals surface area contributed by atoms with Crippen LogP contribution < -0.4 is 11.1 Å². The highest BCUT2D eigenvalue weighted by Gasteiger charge is 2.07. The molecule has 0 aliphatic carbocycles. The SMILES string of the molecule is Cc1cc(NCC(O)c2ccsc2)ncc1N. The standard InChI is InChI=1S/C12H15N3OS/c1-8-4-12(14-5-10(8)13)15-6-11(16)9-2-3-17-7-9/h2-5,7,11,16H,6,13H2,1H3,(H,14,15). The number of nitrogens with zero attached hydrogens (tertiary/aromatic N) is 1. The number of hydrogen-bond donors (Lipinski definition) is 3. The van der Waals surface area contributed by atoms with Crippen LogP contribution in [-0.2, 0) is 0 Å². The van der Waals surface area contributed by atoms with E-state index in [-0.39, 0.29) is 0 Å². The molecule has 2 aromatic heterocycles. The maximum absolute atomic E-state index is 9.89. The van der Waals surface area contributed by atoms with E-state index < -0.39 is 6.10 Å². The lowest BCUT2D eigenvalue weighted by molar-refractivity contribution is 0.192. The van der Waals surface area contributed by atoms with Gasteiger partial charge in [0.1, 0.15) is 5.82 Å². The van der Waals surface area contributed by atoms with Crippen LogP contribution in [0, 0.1) is 6.92 Å². The topological polar surface area (TPSA) is 71.2 Å². The Morgan fingerprint density at radius 3 is 3.06 bits per heavy atom. The highest BCUT2D eigenvalue weighted by atomic mass is 32.1. The molecule has 1 atom stereocenters. The van der Waals surface area contributed by atoms with Gasteiger partial charge >= 0.3 is 0 Å². The first kappa shape index (κ1) is 11.9. The van der Waals surface area contributed by atoms with Crippen LogP contribution in [0.3, 0.4) is 0 Å². The van der Waals surface area contributed by atoms with Crippen LogP contribution in [0.2, 0.25) is 0 Å². The quantitative estimate of drug-likeness (QED) is 0.776. The van der Waals surface area contributed by atoms with Gasteiger partial charge in [0.2, 0.25) is 0 Å². The summed E-state index contributed by atoms with van der Waals surface area (Å²) in [7, 11) is 0. The average molecular weight is 249 g/mol. The van der Waals surface area contributed by atoms with Crippen molar-refractivity contribution in [2.75, 3.05) is 17.6 Å². The van der Waals surface area contributed by atoms with Gasteiger partial charge in [0, 0.05) is 6.54 Å². The van der Waals surface area contributed by atoms with Gasteiger partial charge in [-0.25, -0.2) is 4.98 Å². The number of aromatic nitrogens is 1. The molecule has 0 bridgehead atoms.